The number of hydrogen-bond acceptors (Lipinski definition) is 3. The molecule has 0 saturated heterocycles. The van der Waals surface area contributed by atoms with E-state index in [9.17, 15) is 5.11 Å². The second kappa shape index (κ2) is 5.50. The maximum absolute atomic E-state index is 9.98. The molecule has 3 heteroatoms. The number of rotatable bonds is 4. The third-order valence-corrected chi connectivity index (χ3v) is 2.25. The van der Waals surface area contributed by atoms with E-state index in [0.29, 0.717) is 6.54 Å². The number of benzene rings is 1. The van der Waals surface area contributed by atoms with Gasteiger partial charge in [-0.3, -0.25) is 0 Å². The number of nitriles is 1. The molecule has 0 radical (unpaired) electrons. The van der Waals surface area contributed by atoms with Gasteiger partial charge in [0, 0.05) is 6.54 Å². The van der Waals surface area contributed by atoms with E-state index < -0.39 is 6.10 Å². The first-order valence-electron chi connectivity index (χ1n) is 4.92. The van der Waals surface area contributed by atoms with Crippen molar-refractivity contribution in [3.63, 3.8) is 0 Å². The maximum Gasteiger partial charge on any atom is 0.0960 e. The van der Waals surface area contributed by atoms with Crippen LogP contribution in [0.2, 0.25) is 0 Å². The standard InChI is InChI=1S/C12H16N2O/c1-14(2)9-11(8-13)12(15)10-6-4-3-5-7-10/h3-7,11-12,15H,9H2,1-2H3/t11-,12+/m0/s1. The van der Waals surface area contributed by atoms with Gasteiger partial charge in [-0.1, -0.05) is 30.3 Å². The summed E-state index contributed by atoms with van der Waals surface area (Å²) in [5.41, 5.74) is 0.797. The molecule has 0 saturated carbocycles. The Morgan fingerprint density at radius 3 is 2.40 bits per heavy atom. The van der Waals surface area contributed by atoms with E-state index in [0.717, 1.165) is 5.56 Å². The van der Waals surface area contributed by atoms with Crippen LogP contribution in [0, 0.1) is 17.2 Å². The molecule has 1 rings (SSSR count). The summed E-state index contributed by atoms with van der Waals surface area (Å²) in [4.78, 5) is 1.90. The Labute approximate surface area is 90.6 Å². The summed E-state index contributed by atoms with van der Waals surface area (Å²) < 4.78 is 0. The lowest BCUT2D eigenvalue weighted by atomic mass is 9.97. The molecule has 0 aliphatic heterocycles. The lowest BCUT2D eigenvalue weighted by molar-refractivity contribution is 0.118. The van der Waals surface area contributed by atoms with Crippen molar-refractivity contribution >= 4 is 0 Å². The lowest BCUT2D eigenvalue weighted by Crippen LogP contribution is -2.25. The SMILES string of the molecule is CN(C)C[C@H](C#N)[C@H](O)c1ccccc1. The number of nitrogens with zero attached hydrogens (tertiary/aromatic N) is 2. The van der Waals surface area contributed by atoms with E-state index in [-0.39, 0.29) is 5.92 Å². The monoisotopic (exact) mass is 204 g/mol. The minimum Gasteiger partial charge on any atom is -0.387 e. The average Bonchev–Trinajstić information content (AvgIpc) is 2.26. The second-order valence-electron chi connectivity index (χ2n) is 3.85. The van der Waals surface area contributed by atoms with Gasteiger partial charge in [0.05, 0.1) is 18.1 Å². The van der Waals surface area contributed by atoms with Crippen LogP contribution in [0.25, 0.3) is 0 Å². The van der Waals surface area contributed by atoms with Crippen molar-refractivity contribution in [2.45, 2.75) is 6.10 Å². The first-order valence-corrected chi connectivity index (χ1v) is 4.92. The first-order chi connectivity index (χ1) is 7.15. The zero-order valence-electron chi connectivity index (χ0n) is 9.09. The van der Waals surface area contributed by atoms with Gasteiger partial charge in [-0.25, -0.2) is 0 Å². The Balaban J connectivity index is 2.74. The molecule has 0 heterocycles. The van der Waals surface area contributed by atoms with Crippen molar-refractivity contribution in [3.05, 3.63) is 35.9 Å². The van der Waals surface area contributed by atoms with Crippen LogP contribution in [0.15, 0.2) is 30.3 Å². The maximum atomic E-state index is 9.98. The van der Waals surface area contributed by atoms with Crippen LogP contribution >= 0.6 is 0 Å². The predicted molar refractivity (Wildman–Crippen MR) is 59.1 cm³/mol. The summed E-state index contributed by atoms with van der Waals surface area (Å²) in [6.07, 6.45) is -0.710. The highest BCUT2D eigenvalue weighted by Gasteiger charge is 2.20. The van der Waals surface area contributed by atoms with E-state index in [2.05, 4.69) is 6.07 Å². The highest BCUT2D eigenvalue weighted by Crippen LogP contribution is 2.21. The molecule has 0 unspecified atom stereocenters. The molecule has 80 valence electrons. The molecule has 1 aromatic rings. The average molecular weight is 204 g/mol. The lowest BCUT2D eigenvalue weighted by Gasteiger charge is -2.20. The van der Waals surface area contributed by atoms with E-state index in [1.165, 1.54) is 0 Å². The molecule has 0 aliphatic rings. The van der Waals surface area contributed by atoms with Crippen LogP contribution in [-0.2, 0) is 0 Å². The van der Waals surface area contributed by atoms with Gasteiger partial charge in [0.1, 0.15) is 0 Å². The summed E-state index contributed by atoms with van der Waals surface area (Å²) in [6, 6.07) is 11.4. The topological polar surface area (TPSA) is 47.3 Å². The van der Waals surface area contributed by atoms with Crippen LogP contribution in [-0.4, -0.2) is 30.6 Å². The summed E-state index contributed by atoms with van der Waals surface area (Å²) in [5.74, 6) is -0.387. The largest absolute Gasteiger partial charge is 0.387 e. The Hall–Kier alpha value is -1.37. The Kier molecular flexibility index (Phi) is 4.29. The fourth-order valence-electron chi connectivity index (χ4n) is 1.49. The van der Waals surface area contributed by atoms with Gasteiger partial charge in [0.15, 0.2) is 0 Å². The van der Waals surface area contributed by atoms with Gasteiger partial charge >= 0.3 is 0 Å². The number of hydrogen-bond donors (Lipinski definition) is 1. The van der Waals surface area contributed by atoms with Gasteiger partial charge in [-0.05, 0) is 19.7 Å². The van der Waals surface area contributed by atoms with Crippen molar-refractivity contribution in [2.24, 2.45) is 5.92 Å². The molecule has 3 nitrogen and oxygen atoms in total. The molecular weight excluding hydrogens is 188 g/mol. The molecule has 1 N–H and O–H groups in total. The Morgan fingerprint density at radius 2 is 1.93 bits per heavy atom. The normalized spacial score (nSPS) is 14.6. The summed E-state index contributed by atoms with van der Waals surface area (Å²) in [5, 5.41) is 18.9. The summed E-state index contributed by atoms with van der Waals surface area (Å²) >= 11 is 0. The summed E-state index contributed by atoms with van der Waals surface area (Å²) in [7, 11) is 3.78. The molecule has 0 spiro atoms. The highest BCUT2D eigenvalue weighted by atomic mass is 16.3. The quantitative estimate of drug-likeness (QED) is 0.807. The number of aliphatic hydroxyl groups excluding tert-OH is 1. The smallest absolute Gasteiger partial charge is 0.0960 e. The predicted octanol–water partition coefficient (Wildman–Crippen LogP) is 1.42. The summed E-state index contributed by atoms with van der Waals surface area (Å²) in [6.45, 7) is 0.562. The molecule has 0 bridgehead atoms. The minimum atomic E-state index is -0.710. The molecule has 15 heavy (non-hydrogen) atoms. The highest BCUT2D eigenvalue weighted by molar-refractivity contribution is 5.19. The number of aliphatic hydroxyl groups is 1. The van der Waals surface area contributed by atoms with Crippen LogP contribution < -0.4 is 0 Å². The van der Waals surface area contributed by atoms with Crippen LogP contribution in [0.5, 0.6) is 0 Å². The first kappa shape index (κ1) is 11.7. The molecule has 0 amide bonds. The zero-order chi connectivity index (χ0) is 11.3. The molecule has 1 aromatic carbocycles. The molecule has 2 atom stereocenters. The van der Waals surface area contributed by atoms with Crippen LogP contribution in [0.4, 0.5) is 0 Å². The third kappa shape index (κ3) is 3.35. The van der Waals surface area contributed by atoms with Crippen molar-refractivity contribution in [1.29, 1.82) is 5.26 Å². The van der Waals surface area contributed by atoms with Gasteiger partial charge in [0.2, 0.25) is 0 Å². The van der Waals surface area contributed by atoms with Crippen LogP contribution in [0.1, 0.15) is 11.7 Å². The van der Waals surface area contributed by atoms with Crippen molar-refractivity contribution in [2.75, 3.05) is 20.6 Å². The van der Waals surface area contributed by atoms with Crippen molar-refractivity contribution < 1.29 is 5.11 Å². The van der Waals surface area contributed by atoms with E-state index in [1.807, 2.05) is 49.3 Å². The van der Waals surface area contributed by atoms with E-state index in [1.54, 1.807) is 0 Å². The second-order valence-corrected chi connectivity index (χ2v) is 3.85. The van der Waals surface area contributed by atoms with Gasteiger partial charge in [0.25, 0.3) is 0 Å². The minimum absolute atomic E-state index is 0.387. The van der Waals surface area contributed by atoms with Gasteiger partial charge in [-0.2, -0.15) is 5.26 Å². The van der Waals surface area contributed by atoms with Crippen LogP contribution in [0.3, 0.4) is 0 Å². The zero-order valence-corrected chi connectivity index (χ0v) is 9.09. The van der Waals surface area contributed by atoms with Crippen molar-refractivity contribution in [3.8, 4) is 6.07 Å². The van der Waals surface area contributed by atoms with E-state index >= 15 is 0 Å². The van der Waals surface area contributed by atoms with Gasteiger partial charge < -0.3 is 10.0 Å². The Morgan fingerprint density at radius 1 is 1.33 bits per heavy atom. The van der Waals surface area contributed by atoms with E-state index in [4.69, 9.17) is 5.26 Å². The fraction of sp³-hybridized carbons (Fsp3) is 0.417. The molecule has 0 aromatic heterocycles. The molecule has 0 fully saturated rings. The molecule has 0 aliphatic carbocycles. The molecular formula is C12H16N2O. The van der Waals surface area contributed by atoms with Crippen molar-refractivity contribution in [1.82, 2.24) is 4.90 Å². The third-order valence-electron chi connectivity index (χ3n) is 2.25. The fourth-order valence-corrected chi connectivity index (χ4v) is 1.49. The van der Waals surface area contributed by atoms with Gasteiger partial charge in [-0.15, -0.1) is 0 Å². The Bertz CT molecular complexity index is 329.